The number of nitrogens with one attached hydrogen (secondary N) is 1. The van der Waals surface area contributed by atoms with E-state index in [-0.39, 0.29) is 18.2 Å². The molecule has 1 heterocycles. The fraction of sp³-hybridized carbons (Fsp3) is 0.944. The summed E-state index contributed by atoms with van der Waals surface area (Å²) in [6.07, 6.45) is 0.576. The topological polar surface area (TPSA) is 60.0 Å². The number of amides is 1. The van der Waals surface area contributed by atoms with Crippen LogP contribution >= 0.6 is 0 Å². The monoisotopic (exact) mass is 344 g/mol. The Morgan fingerprint density at radius 2 is 2.00 bits per heavy atom. The van der Waals surface area contributed by atoms with E-state index < -0.39 is 5.60 Å². The summed E-state index contributed by atoms with van der Waals surface area (Å²) in [6.45, 7) is 14.6. The minimum absolute atomic E-state index is 0.0338. The highest BCUT2D eigenvalue weighted by atomic mass is 16.6. The van der Waals surface area contributed by atoms with E-state index in [1.807, 2.05) is 25.7 Å². The predicted octanol–water partition coefficient (Wildman–Crippen LogP) is 2.66. The van der Waals surface area contributed by atoms with Gasteiger partial charge in [0.1, 0.15) is 5.60 Å². The fourth-order valence-electron chi connectivity index (χ4n) is 2.87. The molecule has 0 saturated carbocycles. The van der Waals surface area contributed by atoms with E-state index in [0.29, 0.717) is 38.3 Å². The van der Waals surface area contributed by atoms with Crippen LogP contribution in [-0.4, -0.2) is 68.2 Å². The van der Waals surface area contributed by atoms with Gasteiger partial charge in [-0.1, -0.05) is 13.8 Å². The molecular weight excluding hydrogens is 308 g/mol. The number of hydrogen-bond donors (Lipinski definition) is 1. The number of carbonyl (C=O) groups excluding carboxylic acids is 1. The van der Waals surface area contributed by atoms with Crippen molar-refractivity contribution < 1.29 is 19.0 Å². The molecule has 6 heteroatoms. The van der Waals surface area contributed by atoms with Crippen molar-refractivity contribution >= 4 is 6.09 Å². The lowest BCUT2D eigenvalue weighted by molar-refractivity contribution is -0.0361. The Hall–Kier alpha value is -0.850. The largest absolute Gasteiger partial charge is 0.444 e. The van der Waals surface area contributed by atoms with Crippen molar-refractivity contribution in [3.05, 3.63) is 0 Å². The van der Waals surface area contributed by atoms with Gasteiger partial charge < -0.3 is 24.4 Å². The van der Waals surface area contributed by atoms with Crippen LogP contribution in [0.1, 0.15) is 48.0 Å². The molecule has 1 fully saturated rings. The van der Waals surface area contributed by atoms with Crippen LogP contribution in [0.15, 0.2) is 0 Å². The van der Waals surface area contributed by atoms with Crippen molar-refractivity contribution in [3.63, 3.8) is 0 Å². The second-order valence-corrected chi connectivity index (χ2v) is 8.01. The molecule has 1 aliphatic heterocycles. The van der Waals surface area contributed by atoms with Gasteiger partial charge in [-0.15, -0.1) is 0 Å². The van der Waals surface area contributed by atoms with Crippen molar-refractivity contribution in [2.45, 2.75) is 71.7 Å². The van der Waals surface area contributed by atoms with Gasteiger partial charge in [0.05, 0.1) is 25.9 Å². The van der Waals surface area contributed by atoms with Crippen LogP contribution in [0.25, 0.3) is 0 Å². The van der Waals surface area contributed by atoms with Crippen LogP contribution in [0.2, 0.25) is 0 Å². The van der Waals surface area contributed by atoms with Crippen molar-refractivity contribution in [1.29, 1.82) is 0 Å². The molecule has 0 aromatic carbocycles. The minimum Gasteiger partial charge on any atom is -0.444 e. The molecule has 24 heavy (non-hydrogen) atoms. The molecule has 0 aliphatic carbocycles. The lowest BCUT2D eigenvalue weighted by atomic mass is 10.0. The quantitative estimate of drug-likeness (QED) is 0.769. The number of carbonyl (C=O) groups is 1. The second-order valence-electron chi connectivity index (χ2n) is 8.01. The molecule has 6 nitrogen and oxygen atoms in total. The highest BCUT2D eigenvalue weighted by Gasteiger charge is 2.32. The Balaban J connectivity index is 2.63. The molecule has 1 N–H and O–H groups in total. The van der Waals surface area contributed by atoms with Gasteiger partial charge >= 0.3 is 6.09 Å². The van der Waals surface area contributed by atoms with E-state index in [9.17, 15) is 4.79 Å². The third-order valence-electron chi connectivity index (χ3n) is 4.13. The first-order valence-electron chi connectivity index (χ1n) is 8.96. The molecule has 1 amide bonds. The van der Waals surface area contributed by atoms with E-state index in [0.717, 1.165) is 6.42 Å². The molecule has 142 valence electrons. The van der Waals surface area contributed by atoms with Crippen molar-refractivity contribution in [1.82, 2.24) is 10.2 Å². The maximum Gasteiger partial charge on any atom is 0.410 e. The van der Waals surface area contributed by atoms with Crippen LogP contribution in [0.5, 0.6) is 0 Å². The zero-order chi connectivity index (χ0) is 18.3. The molecule has 0 aromatic heterocycles. The summed E-state index contributed by atoms with van der Waals surface area (Å²) in [4.78, 5) is 14.3. The number of rotatable bonds is 7. The predicted molar refractivity (Wildman–Crippen MR) is 95.3 cm³/mol. The average Bonchev–Trinajstić information content (AvgIpc) is 2.45. The summed E-state index contributed by atoms with van der Waals surface area (Å²) in [5, 5.41) is 3.61. The second kappa shape index (κ2) is 9.59. The van der Waals surface area contributed by atoms with Gasteiger partial charge in [-0.2, -0.15) is 0 Å². The minimum atomic E-state index is -0.481. The SMILES string of the molecule is COCC(NC(C)CC1COCCN1C(=O)OC(C)(C)C)C(C)C. The maximum absolute atomic E-state index is 12.4. The summed E-state index contributed by atoms with van der Waals surface area (Å²) in [7, 11) is 1.72. The number of methoxy groups -OCH3 is 1. The smallest absolute Gasteiger partial charge is 0.410 e. The first-order valence-corrected chi connectivity index (χ1v) is 8.96. The van der Waals surface area contributed by atoms with Gasteiger partial charge in [0, 0.05) is 25.7 Å². The molecule has 3 atom stereocenters. The molecule has 0 aromatic rings. The highest BCUT2D eigenvalue weighted by molar-refractivity contribution is 5.68. The van der Waals surface area contributed by atoms with Crippen LogP contribution in [-0.2, 0) is 14.2 Å². The van der Waals surface area contributed by atoms with Gasteiger partial charge in [-0.05, 0) is 40.0 Å². The summed E-state index contributed by atoms with van der Waals surface area (Å²) < 4.78 is 16.4. The fourth-order valence-corrected chi connectivity index (χ4v) is 2.87. The molecule has 3 unspecified atom stereocenters. The third-order valence-corrected chi connectivity index (χ3v) is 4.13. The Kier molecular flexibility index (Phi) is 8.46. The van der Waals surface area contributed by atoms with E-state index in [1.165, 1.54) is 0 Å². The third kappa shape index (κ3) is 7.36. The van der Waals surface area contributed by atoms with E-state index >= 15 is 0 Å². The Morgan fingerprint density at radius 1 is 1.33 bits per heavy atom. The van der Waals surface area contributed by atoms with E-state index in [1.54, 1.807) is 7.11 Å². The number of ether oxygens (including phenoxy) is 3. The van der Waals surface area contributed by atoms with Crippen LogP contribution < -0.4 is 5.32 Å². The summed E-state index contributed by atoms with van der Waals surface area (Å²) in [5.41, 5.74) is -0.481. The van der Waals surface area contributed by atoms with Crippen LogP contribution in [0.3, 0.4) is 0 Å². The van der Waals surface area contributed by atoms with E-state index in [4.69, 9.17) is 14.2 Å². The Bertz CT molecular complexity index is 382. The van der Waals surface area contributed by atoms with Gasteiger partial charge in [-0.25, -0.2) is 4.79 Å². The number of morpholine rings is 1. The van der Waals surface area contributed by atoms with Gasteiger partial charge in [0.25, 0.3) is 0 Å². The average molecular weight is 344 g/mol. The number of hydrogen-bond acceptors (Lipinski definition) is 5. The zero-order valence-corrected chi connectivity index (χ0v) is 16.4. The van der Waals surface area contributed by atoms with Gasteiger partial charge in [0.15, 0.2) is 0 Å². The molecule has 0 bridgehead atoms. The van der Waals surface area contributed by atoms with Gasteiger partial charge in [0.2, 0.25) is 0 Å². The lowest BCUT2D eigenvalue weighted by Crippen LogP contribution is -2.53. The molecule has 0 spiro atoms. The first-order chi connectivity index (χ1) is 11.1. The van der Waals surface area contributed by atoms with Crippen LogP contribution in [0, 0.1) is 5.92 Å². The molecule has 0 radical (unpaired) electrons. The van der Waals surface area contributed by atoms with Crippen molar-refractivity contribution in [2.24, 2.45) is 5.92 Å². The highest BCUT2D eigenvalue weighted by Crippen LogP contribution is 2.18. The van der Waals surface area contributed by atoms with Crippen LogP contribution in [0.4, 0.5) is 4.79 Å². The molecule has 1 aliphatic rings. The number of nitrogens with zero attached hydrogens (tertiary/aromatic N) is 1. The summed E-state index contributed by atoms with van der Waals surface area (Å²) in [6, 6.07) is 0.583. The summed E-state index contributed by atoms with van der Waals surface area (Å²) in [5.74, 6) is 0.483. The molecule has 1 rings (SSSR count). The van der Waals surface area contributed by atoms with Gasteiger partial charge in [-0.3, -0.25) is 0 Å². The molecule has 1 saturated heterocycles. The van der Waals surface area contributed by atoms with Crippen molar-refractivity contribution in [2.75, 3.05) is 33.5 Å². The zero-order valence-electron chi connectivity index (χ0n) is 16.4. The maximum atomic E-state index is 12.4. The normalized spacial score (nSPS) is 21.7. The summed E-state index contributed by atoms with van der Waals surface area (Å²) >= 11 is 0. The standard InChI is InChI=1S/C18H36N2O4/c1-13(2)16(12-22-7)19-14(3)10-15-11-23-9-8-20(15)17(21)24-18(4,5)6/h13-16,19H,8-12H2,1-7H3. The Labute approximate surface area is 147 Å². The molecular formula is C18H36N2O4. The Morgan fingerprint density at radius 3 is 2.54 bits per heavy atom. The first kappa shape index (κ1) is 21.2. The lowest BCUT2D eigenvalue weighted by Gasteiger charge is -2.38. The van der Waals surface area contributed by atoms with E-state index in [2.05, 4.69) is 26.1 Å². The van der Waals surface area contributed by atoms with Crippen molar-refractivity contribution in [3.8, 4) is 0 Å².